The van der Waals surface area contributed by atoms with Crippen molar-refractivity contribution in [2.75, 3.05) is 18.4 Å². The zero-order chi connectivity index (χ0) is 21.1. The molecule has 1 saturated heterocycles. The van der Waals surface area contributed by atoms with Crippen LogP contribution in [-0.2, 0) is 17.8 Å². The Morgan fingerprint density at radius 3 is 2.83 bits per heavy atom. The van der Waals surface area contributed by atoms with E-state index in [2.05, 4.69) is 32.1 Å². The summed E-state index contributed by atoms with van der Waals surface area (Å²) in [6, 6.07) is 7.38. The molecule has 0 bridgehead atoms. The van der Waals surface area contributed by atoms with Crippen LogP contribution >= 0.6 is 11.3 Å². The summed E-state index contributed by atoms with van der Waals surface area (Å²) in [6.07, 6.45) is 2.95. The number of benzene rings is 1. The van der Waals surface area contributed by atoms with Crippen molar-refractivity contribution in [1.82, 2.24) is 19.9 Å². The van der Waals surface area contributed by atoms with Crippen LogP contribution in [-0.4, -0.2) is 38.8 Å². The van der Waals surface area contributed by atoms with Gasteiger partial charge in [-0.1, -0.05) is 19.1 Å². The molecule has 0 aliphatic carbocycles. The lowest BCUT2D eigenvalue weighted by Gasteiger charge is -2.29. The number of nitrogens with one attached hydrogen (secondary N) is 2. The van der Waals surface area contributed by atoms with E-state index >= 15 is 0 Å². The van der Waals surface area contributed by atoms with Crippen molar-refractivity contribution in [2.45, 2.75) is 46.1 Å². The van der Waals surface area contributed by atoms with Crippen LogP contribution in [0.3, 0.4) is 0 Å². The number of carbonyl (C=O) groups excluding carboxylic acids is 1. The number of anilines is 1. The monoisotopic (exact) mass is 425 g/mol. The zero-order valence-corrected chi connectivity index (χ0v) is 18.2. The Bertz CT molecular complexity index is 1100. The van der Waals surface area contributed by atoms with Gasteiger partial charge in [0.2, 0.25) is 5.91 Å². The highest BCUT2D eigenvalue weighted by Gasteiger charge is 2.19. The van der Waals surface area contributed by atoms with E-state index in [1.54, 1.807) is 11.3 Å². The van der Waals surface area contributed by atoms with E-state index in [1.807, 2.05) is 31.2 Å². The molecule has 0 unspecified atom stereocenters. The van der Waals surface area contributed by atoms with E-state index in [0.717, 1.165) is 36.8 Å². The quantitative estimate of drug-likeness (QED) is 0.631. The summed E-state index contributed by atoms with van der Waals surface area (Å²) < 4.78 is 0. The number of H-pyrrole nitrogens is 1. The standard InChI is InChI=1S/C22H27N5O2S/c1-14-9-11-27(12-10-14)13-19-15(2)23-22(30-19)26-20(28)8-7-18-21(29)25-17-6-4-3-5-16(17)24-18/h3-6,14H,7-13H2,1-2H3,(H,25,29)(H,23,26,28). The molecule has 0 spiro atoms. The van der Waals surface area contributed by atoms with Gasteiger partial charge in [-0.2, -0.15) is 0 Å². The van der Waals surface area contributed by atoms with Crippen molar-refractivity contribution in [2.24, 2.45) is 5.92 Å². The van der Waals surface area contributed by atoms with E-state index in [-0.39, 0.29) is 24.3 Å². The maximum atomic E-state index is 12.4. The summed E-state index contributed by atoms with van der Waals surface area (Å²) in [5.41, 5.74) is 2.52. The Labute approximate surface area is 179 Å². The van der Waals surface area contributed by atoms with Gasteiger partial charge in [0.1, 0.15) is 5.69 Å². The normalized spacial score (nSPS) is 15.5. The van der Waals surface area contributed by atoms with Crippen LogP contribution in [0, 0.1) is 12.8 Å². The van der Waals surface area contributed by atoms with Gasteiger partial charge in [-0.25, -0.2) is 9.97 Å². The first kappa shape index (κ1) is 20.7. The Balaban J connectivity index is 1.34. The smallest absolute Gasteiger partial charge is 0.270 e. The minimum Gasteiger partial charge on any atom is -0.319 e. The molecule has 3 heterocycles. The average Bonchev–Trinajstić information content (AvgIpc) is 3.06. The average molecular weight is 426 g/mol. The lowest BCUT2D eigenvalue weighted by atomic mass is 9.99. The van der Waals surface area contributed by atoms with Gasteiger partial charge >= 0.3 is 0 Å². The summed E-state index contributed by atoms with van der Waals surface area (Å²) in [5.74, 6) is 0.652. The first-order valence-electron chi connectivity index (χ1n) is 10.4. The van der Waals surface area contributed by atoms with Crippen LogP contribution in [0.4, 0.5) is 5.13 Å². The summed E-state index contributed by atoms with van der Waals surface area (Å²) in [6.45, 7) is 7.43. The van der Waals surface area contributed by atoms with Crippen LogP contribution < -0.4 is 10.9 Å². The highest BCUT2D eigenvalue weighted by molar-refractivity contribution is 7.15. The minimum atomic E-state index is -0.246. The Morgan fingerprint density at radius 1 is 1.27 bits per heavy atom. The Kier molecular flexibility index (Phi) is 6.24. The predicted molar refractivity (Wildman–Crippen MR) is 120 cm³/mol. The van der Waals surface area contributed by atoms with Crippen LogP contribution in [0.2, 0.25) is 0 Å². The number of likely N-dealkylation sites (tertiary alicyclic amines) is 1. The minimum absolute atomic E-state index is 0.156. The lowest BCUT2D eigenvalue weighted by molar-refractivity contribution is -0.116. The second-order valence-electron chi connectivity index (χ2n) is 8.06. The number of fused-ring (bicyclic) bond motifs is 1. The molecule has 8 heteroatoms. The number of rotatable bonds is 6. The van der Waals surface area contributed by atoms with Gasteiger partial charge in [-0.15, -0.1) is 11.3 Å². The van der Waals surface area contributed by atoms with Crippen molar-refractivity contribution in [3.63, 3.8) is 0 Å². The fourth-order valence-corrected chi connectivity index (χ4v) is 4.72. The molecule has 4 rings (SSSR count). The van der Waals surface area contributed by atoms with Crippen LogP contribution in [0.1, 0.15) is 42.5 Å². The van der Waals surface area contributed by atoms with Gasteiger partial charge in [0.25, 0.3) is 5.56 Å². The highest BCUT2D eigenvalue weighted by Crippen LogP contribution is 2.26. The Morgan fingerprint density at radius 2 is 2.03 bits per heavy atom. The number of aryl methyl sites for hydroxylation is 2. The number of piperidine rings is 1. The molecular formula is C22H27N5O2S. The molecule has 7 nitrogen and oxygen atoms in total. The number of aromatic amines is 1. The van der Waals surface area contributed by atoms with E-state index in [0.29, 0.717) is 16.3 Å². The van der Waals surface area contributed by atoms with Crippen molar-refractivity contribution >= 4 is 33.4 Å². The number of hydrogen-bond acceptors (Lipinski definition) is 6. The summed E-state index contributed by atoms with van der Waals surface area (Å²) in [7, 11) is 0. The van der Waals surface area contributed by atoms with Gasteiger partial charge in [0.15, 0.2) is 5.13 Å². The van der Waals surface area contributed by atoms with Crippen LogP contribution in [0.15, 0.2) is 29.1 Å². The molecule has 1 aliphatic heterocycles. The van der Waals surface area contributed by atoms with Crippen molar-refractivity contribution in [3.8, 4) is 0 Å². The van der Waals surface area contributed by atoms with Crippen LogP contribution in [0.25, 0.3) is 11.0 Å². The molecule has 0 saturated carbocycles. The molecule has 30 heavy (non-hydrogen) atoms. The molecule has 1 aliphatic rings. The third-order valence-electron chi connectivity index (χ3n) is 5.64. The van der Waals surface area contributed by atoms with Crippen molar-refractivity contribution < 1.29 is 4.79 Å². The fourth-order valence-electron chi connectivity index (χ4n) is 3.70. The molecule has 158 valence electrons. The second kappa shape index (κ2) is 9.06. The first-order chi connectivity index (χ1) is 14.5. The number of aromatic nitrogens is 3. The largest absolute Gasteiger partial charge is 0.319 e. The van der Waals surface area contributed by atoms with Crippen LogP contribution in [0.5, 0.6) is 0 Å². The van der Waals surface area contributed by atoms with E-state index < -0.39 is 0 Å². The van der Waals surface area contributed by atoms with E-state index in [9.17, 15) is 9.59 Å². The third kappa shape index (κ3) is 4.94. The molecule has 0 atom stereocenters. The molecule has 1 fully saturated rings. The topological polar surface area (TPSA) is 91.0 Å². The van der Waals surface area contributed by atoms with Gasteiger partial charge in [-0.3, -0.25) is 14.5 Å². The third-order valence-corrected chi connectivity index (χ3v) is 6.70. The van der Waals surface area contributed by atoms with Gasteiger partial charge in [0, 0.05) is 24.3 Å². The summed E-state index contributed by atoms with van der Waals surface area (Å²) in [4.78, 5) is 40.0. The predicted octanol–water partition coefficient (Wildman–Crippen LogP) is 3.49. The fraction of sp³-hybridized carbons (Fsp3) is 0.455. The van der Waals surface area contributed by atoms with Gasteiger partial charge < -0.3 is 10.3 Å². The molecule has 2 aromatic heterocycles. The van der Waals surface area contributed by atoms with Gasteiger partial charge in [0.05, 0.1) is 16.7 Å². The number of hydrogen-bond donors (Lipinski definition) is 2. The van der Waals surface area contributed by atoms with Crippen molar-refractivity contribution in [1.29, 1.82) is 0 Å². The molecule has 3 aromatic rings. The molecular weight excluding hydrogens is 398 g/mol. The molecule has 2 N–H and O–H groups in total. The summed E-state index contributed by atoms with van der Waals surface area (Å²) >= 11 is 1.54. The number of para-hydroxylation sites is 2. The Hall–Kier alpha value is -2.58. The maximum absolute atomic E-state index is 12.4. The highest BCUT2D eigenvalue weighted by atomic mass is 32.1. The zero-order valence-electron chi connectivity index (χ0n) is 17.4. The lowest BCUT2D eigenvalue weighted by Crippen LogP contribution is -2.32. The SMILES string of the molecule is Cc1nc(NC(=O)CCc2nc3ccccc3[nH]c2=O)sc1CN1CCC(C)CC1. The number of thiazole rings is 1. The van der Waals surface area contributed by atoms with E-state index in [1.165, 1.54) is 17.7 Å². The summed E-state index contributed by atoms with van der Waals surface area (Å²) in [5, 5.41) is 3.51. The van der Waals surface area contributed by atoms with E-state index in [4.69, 9.17) is 0 Å². The van der Waals surface area contributed by atoms with Gasteiger partial charge in [-0.05, 0) is 50.9 Å². The maximum Gasteiger partial charge on any atom is 0.270 e. The van der Waals surface area contributed by atoms with Crippen molar-refractivity contribution in [3.05, 3.63) is 50.9 Å². The second-order valence-corrected chi connectivity index (χ2v) is 9.15. The molecule has 0 radical (unpaired) electrons. The molecule has 1 aromatic carbocycles. The number of amides is 1. The first-order valence-corrected chi connectivity index (χ1v) is 11.3. The number of nitrogens with zero attached hydrogens (tertiary/aromatic N) is 3. The number of carbonyl (C=O) groups is 1. The molecule has 1 amide bonds.